The van der Waals surface area contributed by atoms with Crippen LogP contribution in [0, 0.1) is 6.92 Å². The number of aromatic amines is 1. The average Bonchev–Trinajstić information content (AvgIpc) is 3.62. The number of nitrogens with zero attached hydrogens (tertiary/aromatic N) is 3. The Morgan fingerprint density at radius 1 is 1.05 bits per heavy atom. The molecule has 9 nitrogen and oxygen atoms in total. The average molecular weight is 612 g/mol. The van der Waals surface area contributed by atoms with Gasteiger partial charge in [-0.25, -0.2) is 0 Å². The molecule has 0 bridgehead atoms. The number of benzene rings is 3. The van der Waals surface area contributed by atoms with Crippen molar-refractivity contribution in [3.8, 4) is 11.4 Å². The molecule has 44 heavy (non-hydrogen) atoms. The number of thioether (sulfide) groups is 1. The molecule has 0 spiro atoms. The van der Waals surface area contributed by atoms with E-state index in [2.05, 4.69) is 33.6 Å². The van der Waals surface area contributed by atoms with Gasteiger partial charge in [0.25, 0.3) is 0 Å². The summed E-state index contributed by atoms with van der Waals surface area (Å²) >= 11 is 1.60. The van der Waals surface area contributed by atoms with Crippen molar-refractivity contribution in [3.63, 3.8) is 0 Å². The van der Waals surface area contributed by atoms with Gasteiger partial charge in [-0.2, -0.15) is 0 Å². The number of H-pyrrole nitrogens is 1. The van der Waals surface area contributed by atoms with Gasteiger partial charge in [-0.05, 0) is 61.2 Å². The number of nitrogens with one attached hydrogen (secondary N) is 2. The van der Waals surface area contributed by atoms with Crippen LogP contribution in [-0.2, 0) is 27.1 Å². The number of rotatable bonds is 12. The lowest BCUT2D eigenvalue weighted by molar-refractivity contribution is -0.178. The number of ether oxygens (including phenoxy) is 3. The largest absolute Gasteiger partial charge is 0.497 e. The monoisotopic (exact) mass is 611 g/mol. The molecule has 1 aliphatic heterocycles. The summed E-state index contributed by atoms with van der Waals surface area (Å²) in [6, 6.07) is 25.6. The number of methoxy groups -OCH3 is 1. The number of para-hydroxylation sites is 1. The highest BCUT2D eigenvalue weighted by Gasteiger charge is 2.26. The fraction of sp³-hybridized carbons (Fsp3) is 0.324. The van der Waals surface area contributed by atoms with Gasteiger partial charge in [-0.1, -0.05) is 60.3 Å². The minimum Gasteiger partial charge on any atom is -0.497 e. The third-order valence-corrected chi connectivity index (χ3v) is 8.73. The van der Waals surface area contributed by atoms with Crippen molar-refractivity contribution in [1.29, 1.82) is 0 Å². The Bertz CT molecular complexity index is 1680. The molecule has 0 saturated carbocycles. The summed E-state index contributed by atoms with van der Waals surface area (Å²) in [4.78, 5) is 17.1. The van der Waals surface area contributed by atoms with Crippen molar-refractivity contribution in [1.82, 2.24) is 25.1 Å². The van der Waals surface area contributed by atoms with Crippen molar-refractivity contribution in [2.24, 2.45) is 0 Å². The summed E-state index contributed by atoms with van der Waals surface area (Å²) in [5.74, 6) is 2.08. The van der Waals surface area contributed by atoms with Crippen molar-refractivity contribution in [3.05, 3.63) is 102 Å². The molecule has 6 rings (SSSR count). The highest BCUT2D eigenvalue weighted by atomic mass is 32.2. The zero-order valence-corrected chi connectivity index (χ0v) is 25.8. The SMILES string of the molecule is COc1ccc(-n2c(SCCC3OCCCO3)nnc2C(Cc2ccccc2)NC(=O)Cc2c(C)[nH]c3ccccc23)cc1. The van der Waals surface area contributed by atoms with Gasteiger partial charge in [0.05, 0.1) is 32.8 Å². The normalized spacial score (nSPS) is 14.5. The number of fused-ring (bicyclic) bond motifs is 1. The maximum atomic E-state index is 13.7. The molecule has 0 aliphatic carbocycles. The fourth-order valence-corrected chi connectivity index (χ4v) is 6.47. The van der Waals surface area contributed by atoms with Gasteiger partial charge < -0.3 is 24.5 Å². The van der Waals surface area contributed by atoms with Gasteiger partial charge in [0, 0.05) is 34.5 Å². The predicted molar refractivity (Wildman–Crippen MR) is 171 cm³/mol. The predicted octanol–water partition coefficient (Wildman–Crippen LogP) is 5.95. The van der Waals surface area contributed by atoms with Crippen LogP contribution in [0.2, 0.25) is 0 Å². The van der Waals surface area contributed by atoms with Crippen LogP contribution in [0.4, 0.5) is 0 Å². The fourth-order valence-electron chi connectivity index (χ4n) is 5.55. The smallest absolute Gasteiger partial charge is 0.225 e. The molecule has 10 heteroatoms. The topological polar surface area (TPSA) is 103 Å². The Kier molecular flexibility index (Phi) is 9.60. The Morgan fingerprint density at radius 2 is 1.80 bits per heavy atom. The van der Waals surface area contributed by atoms with E-state index in [0.29, 0.717) is 12.2 Å². The zero-order chi connectivity index (χ0) is 30.3. The molecule has 2 aromatic heterocycles. The maximum Gasteiger partial charge on any atom is 0.225 e. The quantitative estimate of drug-likeness (QED) is 0.168. The first-order valence-corrected chi connectivity index (χ1v) is 15.9. The van der Waals surface area contributed by atoms with Gasteiger partial charge in [0.1, 0.15) is 5.75 Å². The van der Waals surface area contributed by atoms with Crippen LogP contribution in [0.25, 0.3) is 16.6 Å². The van der Waals surface area contributed by atoms with Crippen LogP contribution in [-0.4, -0.2) is 58.0 Å². The minimum absolute atomic E-state index is 0.0798. The summed E-state index contributed by atoms with van der Waals surface area (Å²) in [5, 5.41) is 14.4. The second-order valence-electron chi connectivity index (χ2n) is 10.8. The van der Waals surface area contributed by atoms with E-state index in [1.54, 1.807) is 18.9 Å². The lowest BCUT2D eigenvalue weighted by Crippen LogP contribution is -2.33. The first kappa shape index (κ1) is 29.9. The van der Waals surface area contributed by atoms with Crippen LogP contribution in [0.1, 0.15) is 41.5 Å². The molecule has 1 aliphatic rings. The summed E-state index contributed by atoms with van der Waals surface area (Å²) in [6.07, 6.45) is 2.27. The second kappa shape index (κ2) is 14.1. The Balaban J connectivity index is 1.31. The summed E-state index contributed by atoms with van der Waals surface area (Å²) in [5.41, 5.74) is 4.99. The van der Waals surface area contributed by atoms with Gasteiger partial charge >= 0.3 is 0 Å². The van der Waals surface area contributed by atoms with Crippen molar-refractivity contribution in [2.75, 3.05) is 26.1 Å². The van der Waals surface area contributed by atoms with E-state index in [1.807, 2.05) is 72.2 Å². The van der Waals surface area contributed by atoms with Crippen molar-refractivity contribution in [2.45, 2.75) is 50.1 Å². The molecule has 228 valence electrons. The Labute approximate surface area is 261 Å². The third-order valence-electron chi connectivity index (χ3n) is 7.76. The van der Waals surface area contributed by atoms with E-state index in [4.69, 9.17) is 19.3 Å². The van der Waals surface area contributed by atoms with Crippen LogP contribution in [0.15, 0.2) is 84.0 Å². The van der Waals surface area contributed by atoms with E-state index in [9.17, 15) is 4.79 Å². The first-order valence-electron chi connectivity index (χ1n) is 14.9. The molecule has 2 N–H and O–H groups in total. The van der Waals surface area contributed by atoms with Crippen LogP contribution >= 0.6 is 11.8 Å². The molecule has 1 unspecified atom stereocenters. The zero-order valence-electron chi connectivity index (χ0n) is 25.0. The van der Waals surface area contributed by atoms with Gasteiger partial charge in [-0.15, -0.1) is 10.2 Å². The first-order chi connectivity index (χ1) is 21.6. The molecular weight excluding hydrogens is 574 g/mol. The number of carbonyl (C=O) groups excluding carboxylic acids is 1. The summed E-state index contributed by atoms with van der Waals surface area (Å²) in [6.45, 7) is 3.46. The Morgan fingerprint density at radius 3 is 2.57 bits per heavy atom. The number of carbonyl (C=O) groups is 1. The van der Waals surface area contributed by atoms with Crippen LogP contribution < -0.4 is 10.1 Å². The molecule has 1 fully saturated rings. The second-order valence-corrected chi connectivity index (χ2v) is 11.9. The lowest BCUT2D eigenvalue weighted by atomic mass is 10.0. The maximum absolute atomic E-state index is 13.7. The van der Waals surface area contributed by atoms with Crippen LogP contribution in [0.5, 0.6) is 5.75 Å². The summed E-state index contributed by atoms with van der Waals surface area (Å²) < 4.78 is 18.9. The van der Waals surface area contributed by atoms with Gasteiger partial charge in [-0.3, -0.25) is 9.36 Å². The van der Waals surface area contributed by atoms with E-state index >= 15 is 0 Å². The van der Waals surface area contributed by atoms with E-state index in [-0.39, 0.29) is 18.6 Å². The number of aryl methyl sites for hydroxylation is 1. The molecule has 5 aromatic rings. The number of hydrogen-bond donors (Lipinski definition) is 2. The van der Waals surface area contributed by atoms with Crippen molar-refractivity contribution < 1.29 is 19.0 Å². The highest BCUT2D eigenvalue weighted by Crippen LogP contribution is 2.30. The van der Waals surface area contributed by atoms with Gasteiger partial charge in [0.2, 0.25) is 5.91 Å². The molecule has 1 atom stereocenters. The standard InChI is InChI=1S/C34H37N5O4S/c1-23-28(27-11-6-7-12-29(27)35-23)22-31(40)36-30(21-24-9-4-3-5-10-24)33-37-38-34(44-20-17-32-42-18-8-19-43-32)39(33)25-13-15-26(41-2)16-14-25/h3-7,9-16,30,32,35H,8,17-22H2,1-2H3,(H,36,40). The molecule has 1 amide bonds. The highest BCUT2D eigenvalue weighted by molar-refractivity contribution is 7.99. The molecule has 3 aromatic carbocycles. The third kappa shape index (κ3) is 6.99. The van der Waals surface area contributed by atoms with E-state index in [0.717, 1.165) is 76.1 Å². The molecular formula is C34H37N5O4S. The van der Waals surface area contributed by atoms with Gasteiger partial charge in [0.15, 0.2) is 17.3 Å². The number of aromatic nitrogens is 4. The Hall–Kier alpha value is -4.12. The van der Waals surface area contributed by atoms with Crippen LogP contribution in [0.3, 0.4) is 0 Å². The van der Waals surface area contributed by atoms with E-state index < -0.39 is 6.04 Å². The van der Waals surface area contributed by atoms with Crippen molar-refractivity contribution >= 4 is 28.6 Å². The molecule has 3 heterocycles. The number of amides is 1. The number of hydrogen-bond acceptors (Lipinski definition) is 7. The molecule has 0 radical (unpaired) electrons. The van der Waals surface area contributed by atoms with E-state index in [1.165, 1.54) is 0 Å². The minimum atomic E-state index is -0.427. The molecule has 1 saturated heterocycles. The summed E-state index contributed by atoms with van der Waals surface area (Å²) in [7, 11) is 1.65. The lowest BCUT2D eigenvalue weighted by Gasteiger charge is -2.23.